The first kappa shape index (κ1) is 21.1. The summed E-state index contributed by atoms with van der Waals surface area (Å²) in [7, 11) is 0. The number of nitrogens with zero attached hydrogens (tertiary/aromatic N) is 1. The van der Waals surface area contributed by atoms with E-state index in [0.717, 1.165) is 11.1 Å². The number of rotatable bonds is 4. The Morgan fingerprint density at radius 3 is 2.25 bits per heavy atom. The van der Waals surface area contributed by atoms with E-state index in [1.165, 1.54) is 30.3 Å². The van der Waals surface area contributed by atoms with E-state index in [4.69, 9.17) is 11.6 Å². The normalized spacial score (nSPS) is 14.7. The highest BCUT2D eigenvalue weighted by Crippen LogP contribution is 2.25. The van der Waals surface area contributed by atoms with E-state index >= 15 is 0 Å². The standard InChI is InChI=1S/C25H17ClN2O4/c26-18-12-10-17(11-13-18)23(30)15-21-24(31)14-20(16-6-2-1-3-7-16)27-28(21)25(32)19-8-4-5-9-22(19)29/h1-15,27,29H/b21-15+. The lowest BCUT2D eigenvalue weighted by atomic mass is 10.0. The number of carbonyl (C=O) groups excluding carboxylic acids is 3. The number of para-hydroxylation sites is 1. The van der Waals surface area contributed by atoms with Crippen molar-refractivity contribution in [2.45, 2.75) is 0 Å². The minimum Gasteiger partial charge on any atom is -0.507 e. The van der Waals surface area contributed by atoms with E-state index < -0.39 is 17.5 Å². The maximum Gasteiger partial charge on any atom is 0.280 e. The lowest BCUT2D eigenvalue weighted by Gasteiger charge is -2.30. The van der Waals surface area contributed by atoms with Crippen molar-refractivity contribution >= 4 is 34.8 Å². The van der Waals surface area contributed by atoms with Gasteiger partial charge in [-0.3, -0.25) is 19.8 Å². The third-order valence-electron chi connectivity index (χ3n) is 4.82. The van der Waals surface area contributed by atoms with Crippen molar-refractivity contribution in [2.75, 3.05) is 0 Å². The van der Waals surface area contributed by atoms with Crippen LogP contribution >= 0.6 is 11.6 Å². The zero-order valence-electron chi connectivity index (χ0n) is 16.7. The summed E-state index contributed by atoms with van der Waals surface area (Å²) < 4.78 is 0. The smallest absolute Gasteiger partial charge is 0.280 e. The van der Waals surface area contributed by atoms with Crippen molar-refractivity contribution in [1.29, 1.82) is 0 Å². The Labute approximate surface area is 189 Å². The number of halogens is 1. The summed E-state index contributed by atoms with van der Waals surface area (Å²) in [4.78, 5) is 39.1. The molecule has 0 saturated carbocycles. The molecule has 4 rings (SSSR count). The molecule has 7 heteroatoms. The van der Waals surface area contributed by atoms with Crippen LogP contribution in [0.1, 0.15) is 26.3 Å². The Morgan fingerprint density at radius 1 is 0.906 bits per heavy atom. The van der Waals surface area contributed by atoms with Crippen LogP contribution in [0.15, 0.2) is 96.7 Å². The van der Waals surface area contributed by atoms with Crippen LogP contribution in [0.5, 0.6) is 5.75 Å². The van der Waals surface area contributed by atoms with Crippen molar-refractivity contribution in [1.82, 2.24) is 10.4 Å². The van der Waals surface area contributed by atoms with Gasteiger partial charge in [-0.15, -0.1) is 0 Å². The number of benzene rings is 3. The number of amides is 1. The summed E-state index contributed by atoms with van der Waals surface area (Å²) in [5.41, 5.74) is 4.10. The minimum absolute atomic E-state index is 0.0213. The average molecular weight is 445 g/mol. The Hall–Kier alpha value is -4.16. The Kier molecular flexibility index (Phi) is 5.87. The van der Waals surface area contributed by atoms with E-state index in [2.05, 4.69) is 5.43 Å². The molecule has 1 amide bonds. The molecule has 0 aromatic heterocycles. The molecular formula is C25H17ClN2O4. The lowest BCUT2D eigenvalue weighted by Crippen LogP contribution is -2.46. The number of hydrogen-bond acceptors (Lipinski definition) is 5. The number of aromatic hydroxyl groups is 1. The fourth-order valence-corrected chi connectivity index (χ4v) is 3.31. The third-order valence-corrected chi connectivity index (χ3v) is 5.07. The van der Waals surface area contributed by atoms with Gasteiger partial charge in [-0.05, 0) is 42.0 Å². The second kappa shape index (κ2) is 8.91. The van der Waals surface area contributed by atoms with Crippen molar-refractivity contribution in [2.24, 2.45) is 0 Å². The quantitative estimate of drug-likeness (QED) is 0.460. The lowest BCUT2D eigenvalue weighted by molar-refractivity contribution is -0.113. The molecule has 1 aliphatic rings. The molecule has 3 aromatic rings. The Bertz CT molecular complexity index is 1260. The van der Waals surface area contributed by atoms with Gasteiger partial charge in [-0.25, -0.2) is 5.01 Å². The third kappa shape index (κ3) is 4.31. The van der Waals surface area contributed by atoms with Crippen LogP contribution in [0, 0.1) is 0 Å². The van der Waals surface area contributed by atoms with Crippen LogP contribution in [-0.4, -0.2) is 27.6 Å². The molecule has 0 bridgehead atoms. The fraction of sp³-hybridized carbons (Fsp3) is 0. The first-order chi connectivity index (χ1) is 15.4. The van der Waals surface area contributed by atoms with Gasteiger partial charge in [-0.2, -0.15) is 0 Å². The summed E-state index contributed by atoms with van der Waals surface area (Å²) >= 11 is 5.88. The average Bonchev–Trinajstić information content (AvgIpc) is 2.81. The van der Waals surface area contributed by atoms with Gasteiger partial charge >= 0.3 is 0 Å². The van der Waals surface area contributed by atoms with Gasteiger partial charge in [0, 0.05) is 22.7 Å². The van der Waals surface area contributed by atoms with Gasteiger partial charge in [0.15, 0.2) is 5.78 Å². The number of ketones is 2. The molecule has 158 valence electrons. The highest BCUT2D eigenvalue weighted by atomic mass is 35.5. The molecule has 32 heavy (non-hydrogen) atoms. The first-order valence-corrected chi connectivity index (χ1v) is 10.0. The van der Waals surface area contributed by atoms with E-state index in [1.54, 1.807) is 48.5 Å². The van der Waals surface area contributed by atoms with Gasteiger partial charge in [-0.1, -0.05) is 54.1 Å². The molecule has 0 atom stereocenters. The molecule has 0 spiro atoms. The van der Waals surface area contributed by atoms with E-state index in [-0.39, 0.29) is 17.0 Å². The zero-order chi connectivity index (χ0) is 22.7. The highest BCUT2D eigenvalue weighted by Gasteiger charge is 2.31. The number of allylic oxidation sites excluding steroid dienone is 2. The molecule has 0 fully saturated rings. The van der Waals surface area contributed by atoms with E-state index in [1.807, 2.05) is 6.07 Å². The number of phenolic OH excluding ortho intramolecular Hbond substituents is 1. The van der Waals surface area contributed by atoms with Gasteiger partial charge in [0.2, 0.25) is 5.78 Å². The van der Waals surface area contributed by atoms with Crippen LogP contribution < -0.4 is 5.43 Å². The number of hydrogen-bond donors (Lipinski definition) is 2. The molecular weight excluding hydrogens is 428 g/mol. The number of nitrogens with one attached hydrogen (secondary N) is 1. The largest absolute Gasteiger partial charge is 0.507 e. The fourth-order valence-electron chi connectivity index (χ4n) is 3.19. The van der Waals surface area contributed by atoms with Crippen molar-refractivity contribution < 1.29 is 19.5 Å². The maximum atomic E-state index is 13.3. The second-order valence-corrected chi connectivity index (χ2v) is 7.39. The SMILES string of the molecule is O=C1C=C(c2ccccc2)NN(C(=O)c2ccccc2O)/C1=C/C(=O)c1ccc(Cl)cc1. The Balaban J connectivity index is 1.78. The topological polar surface area (TPSA) is 86.7 Å². The van der Waals surface area contributed by atoms with Crippen molar-refractivity contribution in [3.05, 3.63) is 118 Å². The monoisotopic (exact) mass is 444 g/mol. The predicted molar refractivity (Wildman–Crippen MR) is 121 cm³/mol. The molecule has 0 radical (unpaired) electrons. The highest BCUT2D eigenvalue weighted by molar-refractivity contribution is 6.30. The van der Waals surface area contributed by atoms with Gasteiger partial charge in [0.05, 0.1) is 11.3 Å². The van der Waals surface area contributed by atoms with Gasteiger partial charge in [0.1, 0.15) is 11.4 Å². The van der Waals surface area contributed by atoms with Crippen LogP contribution in [0.3, 0.4) is 0 Å². The molecule has 0 unspecified atom stereocenters. The van der Waals surface area contributed by atoms with Gasteiger partial charge in [0.25, 0.3) is 5.91 Å². The predicted octanol–water partition coefficient (Wildman–Crippen LogP) is 4.38. The molecule has 6 nitrogen and oxygen atoms in total. The van der Waals surface area contributed by atoms with E-state index in [9.17, 15) is 19.5 Å². The number of hydrazine groups is 1. The molecule has 0 aliphatic carbocycles. The minimum atomic E-state index is -0.687. The summed E-state index contributed by atoms with van der Waals surface area (Å²) in [5, 5.41) is 11.6. The molecule has 1 aliphatic heterocycles. The molecule has 3 aromatic carbocycles. The summed E-state index contributed by atoms with van der Waals surface area (Å²) in [6.07, 6.45) is 2.42. The zero-order valence-corrected chi connectivity index (χ0v) is 17.4. The number of carbonyl (C=O) groups is 3. The second-order valence-electron chi connectivity index (χ2n) is 6.96. The number of phenols is 1. The van der Waals surface area contributed by atoms with Crippen molar-refractivity contribution in [3.63, 3.8) is 0 Å². The first-order valence-electron chi connectivity index (χ1n) is 9.66. The van der Waals surface area contributed by atoms with E-state index in [0.29, 0.717) is 21.8 Å². The summed E-state index contributed by atoms with van der Waals surface area (Å²) in [6.45, 7) is 0. The van der Waals surface area contributed by atoms with Crippen LogP contribution in [0.4, 0.5) is 0 Å². The van der Waals surface area contributed by atoms with Gasteiger partial charge < -0.3 is 5.11 Å². The van der Waals surface area contributed by atoms with Crippen LogP contribution in [0.25, 0.3) is 5.70 Å². The maximum absolute atomic E-state index is 13.3. The van der Waals surface area contributed by atoms with Crippen LogP contribution in [-0.2, 0) is 4.79 Å². The summed E-state index contributed by atoms with van der Waals surface area (Å²) in [5.74, 6) is -1.94. The van der Waals surface area contributed by atoms with Crippen LogP contribution in [0.2, 0.25) is 5.02 Å². The summed E-state index contributed by atoms with van der Waals surface area (Å²) in [6, 6.07) is 21.1. The molecule has 1 heterocycles. The molecule has 2 N–H and O–H groups in total. The Morgan fingerprint density at radius 2 is 1.56 bits per heavy atom. The molecule has 0 saturated heterocycles. The van der Waals surface area contributed by atoms with Crippen molar-refractivity contribution in [3.8, 4) is 5.75 Å².